The monoisotopic (exact) mass is 363 g/mol. The number of methoxy groups -OCH3 is 1. The summed E-state index contributed by atoms with van der Waals surface area (Å²) in [6, 6.07) is 20.2. The fraction of sp³-hybridized carbons (Fsp3) is 0.190. The van der Waals surface area contributed by atoms with Crippen LogP contribution in [0.2, 0.25) is 0 Å². The molecule has 0 radical (unpaired) electrons. The zero-order chi connectivity index (χ0) is 19.1. The van der Waals surface area contributed by atoms with Crippen LogP contribution in [0.5, 0.6) is 5.75 Å². The summed E-state index contributed by atoms with van der Waals surface area (Å²) < 4.78 is 6.51. The minimum absolute atomic E-state index is 0.0828. The SMILES string of the molecule is COc1ccc(-c2ccc(=O)n(CCNC(=O)Cc3ccccc3)n2)cc1. The maximum atomic E-state index is 12.0. The highest BCUT2D eigenvalue weighted by atomic mass is 16.5. The van der Waals surface area contributed by atoms with Crippen molar-refractivity contribution >= 4 is 5.91 Å². The quantitative estimate of drug-likeness (QED) is 0.699. The second-order valence-corrected chi connectivity index (χ2v) is 6.02. The van der Waals surface area contributed by atoms with Crippen LogP contribution in [0.15, 0.2) is 71.5 Å². The van der Waals surface area contributed by atoms with Crippen molar-refractivity contribution in [2.45, 2.75) is 13.0 Å². The van der Waals surface area contributed by atoms with Crippen LogP contribution in [0.4, 0.5) is 0 Å². The summed E-state index contributed by atoms with van der Waals surface area (Å²) in [4.78, 5) is 24.0. The summed E-state index contributed by atoms with van der Waals surface area (Å²) in [5.41, 5.74) is 2.32. The summed E-state index contributed by atoms with van der Waals surface area (Å²) >= 11 is 0. The van der Waals surface area contributed by atoms with Crippen molar-refractivity contribution in [1.82, 2.24) is 15.1 Å². The molecule has 0 atom stereocenters. The molecule has 0 aliphatic carbocycles. The number of hydrogen-bond donors (Lipinski definition) is 1. The number of nitrogens with one attached hydrogen (secondary N) is 1. The van der Waals surface area contributed by atoms with Gasteiger partial charge < -0.3 is 10.1 Å². The lowest BCUT2D eigenvalue weighted by Gasteiger charge is -2.09. The van der Waals surface area contributed by atoms with Crippen molar-refractivity contribution in [2.75, 3.05) is 13.7 Å². The summed E-state index contributed by atoms with van der Waals surface area (Å²) in [6.07, 6.45) is 0.315. The Morgan fingerprint density at radius 3 is 2.48 bits per heavy atom. The summed E-state index contributed by atoms with van der Waals surface area (Å²) in [5, 5.41) is 7.22. The number of ether oxygens (including phenoxy) is 1. The molecule has 27 heavy (non-hydrogen) atoms. The molecule has 6 nitrogen and oxygen atoms in total. The highest BCUT2D eigenvalue weighted by molar-refractivity contribution is 5.78. The van der Waals surface area contributed by atoms with E-state index in [2.05, 4.69) is 10.4 Å². The molecular formula is C21H21N3O3. The molecule has 0 saturated heterocycles. The van der Waals surface area contributed by atoms with Crippen molar-refractivity contribution in [1.29, 1.82) is 0 Å². The first-order valence-corrected chi connectivity index (χ1v) is 8.69. The number of carbonyl (C=O) groups is 1. The summed E-state index contributed by atoms with van der Waals surface area (Å²) in [7, 11) is 1.61. The Hall–Kier alpha value is -3.41. The minimum Gasteiger partial charge on any atom is -0.497 e. The fourth-order valence-corrected chi connectivity index (χ4v) is 2.67. The third kappa shape index (κ3) is 5.04. The smallest absolute Gasteiger partial charge is 0.266 e. The molecule has 0 saturated carbocycles. The molecule has 0 aliphatic heterocycles. The molecular weight excluding hydrogens is 342 g/mol. The molecule has 1 N–H and O–H groups in total. The van der Waals surface area contributed by atoms with E-state index in [0.29, 0.717) is 25.2 Å². The minimum atomic E-state index is -0.204. The number of amides is 1. The molecule has 1 amide bonds. The average molecular weight is 363 g/mol. The molecule has 2 aromatic carbocycles. The van der Waals surface area contributed by atoms with E-state index in [1.807, 2.05) is 54.6 Å². The predicted molar refractivity (Wildman–Crippen MR) is 104 cm³/mol. The zero-order valence-corrected chi connectivity index (χ0v) is 15.1. The van der Waals surface area contributed by atoms with Crippen molar-refractivity contribution in [3.05, 3.63) is 82.6 Å². The van der Waals surface area contributed by atoms with E-state index < -0.39 is 0 Å². The van der Waals surface area contributed by atoms with Gasteiger partial charge in [0.1, 0.15) is 5.75 Å². The van der Waals surface area contributed by atoms with Gasteiger partial charge >= 0.3 is 0 Å². The van der Waals surface area contributed by atoms with Crippen molar-refractivity contribution in [2.24, 2.45) is 0 Å². The second kappa shape index (κ2) is 8.80. The number of rotatable bonds is 7. The first kappa shape index (κ1) is 18.4. The van der Waals surface area contributed by atoms with E-state index in [1.165, 1.54) is 10.7 Å². The van der Waals surface area contributed by atoms with E-state index in [-0.39, 0.29) is 11.5 Å². The van der Waals surface area contributed by atoms with Crippen LogP contribution >= 0.6 is 0 Å². The Balaban J connectivity index is 1.61. The molecule has 0 bridgehead atoms. The number of aromatic nitrogens is 2. The maximum Gasteiger partial charge on any atom is 0.266 e. The van der Waals surface area contributed by atoms with E-state index in [4.69, 9.17) is 4.74 Å². The van der Waals surface area contributed by atoms with Gasteiger partial charge in [0.05, 0.1) is 25.8 Å². The first-order chi connectivity index (χ1) is 13.2. The Morgan fingerprint density at radius 2 is 1.78 bits per heavy atom. The molecule has 3 rings (SSSR count). The number of benzene rings is 2. The second-order valence-electron chi connectivity index (χ2n) is 6.02. The average Bonchev–Trinajstić information content (AvgIpc) is 2.70. The Kier molecular flexibility index (Phi) is 5.99. The number of nitrogens with zero attached hydrogens (tertiary/aromatic N) is 2. The van der Waals surface area contributed by atoms with Crippen LogP contribution in [0.25, 0.3) is 11.3 Å². The van der Waals surface area contributed by atoms with E-state index in [1.54, 1.807) is 13.2 Å². The van der Waals surface area contributed by atoms with E-state index >= 15 is 0 Å². The molecule has 0 spiro atoms. The molecule has 1 heterocycles. The van der Waals surface area contributed by atoms with Crippen molar-refractivity contribution in [3.8, 4) is 17.0 Å². The van der Waals surface area contributed by atoms with Gasteiger partial charge in [0, 0.05) is 18.2 Å². The van der Waals surface area contributed by atoms with Gasteiger partial charge in [-0.1, -0.05) is 30.3 Å². The van der Waals surface area contributed by atoms with Gasteiger partial charge in [-0.2, -0.15) is 5.10 Å². The molecule has 1 aromatic heterocycles. The molecule has 0 aliphatic rings. The lowest BCUT2D eigenvalue weighted by molar-refractivity contribution is -0.120. The standard InChI is InChI=1S/C21H21N3O3/c1-27-18-9-7-17(8-10-18)19-11-12-21(26)24(23-19)14-13-22-20(25)15-16-5-3-2-4-6-16/h2-12H,13-15H2,1H3,(H,22,25). The van der Waals surface area contributed by atoms with Gasteiger partial charge in [0.2, 0.25) is 5.91 Å². The highest BCUT2D eigenvalue weighted by Gasteiger charge is 2.06. The Labute approximate surface area is 157 Å². The predicted octanol–water partition coefficient (Wildman–Crippen LogP) is 2.28. The van der Waals surface area contributed by atoms with Gasteiger partial charge in [0.15, 0.2) is 0 Å². The van der Waals surface area contributed by atoms with E-state index in [0.717, 1.165) is 16.9 Å². The van der Waals surface area contributed by atoms with Crippen LogP contribution in [0.3, 0.4) is 0 Å². The fourth-order valence-electron chi connectivity index (χ4n) is 2.67. The van der Waals surface area contributed by atoms with E-state index in [9.17, 15) is 9.59 Å². The van der Waals surface area contributed by atoms with Crippen molar-refractivity contribution < 1.29 is 9.53 Å². The van der Waals surface area contributed by atoms with Crippen molar-refractivity contribution in [3.63, 3.8) is 0 Å². The number of hydrogen-bond acceptors (Lipinski definition) is 4. The van der Waals surface area contributed by atoms with Crippen LogP contribution < -0.4 is 15.6 Å². The largest absolute Gasteiger partial charge is 0.497 e. The Bertz CT molecular complexity index is 950. The molecule has 6 heteroatoms. The van der Waals surface area contributed by atoms with Crippen LogP contribution in [0.1, 0.15) is 5.56 Å². The normalized spacial score (nSPS) is 10.4. The number of carbonyl (C=O) groups excluding carboxylic acids is 1. The van der Waals surface area contributed by atoms with Gasteiger partial charge in [0.25, 0.3) is 5.56 Å². The van der Waals surface area contributed by atoms with Crippen LogP contribution in [0, 0.1) is 0 Å². The summed E-state index contributed by atoms with van der Waals surface area (Å²) in [6.45, 7) is 0.647. The van der Waals surface area contributed by atoms with Gasteiger partial charge in [-0.05, 0) is 35.9 Å². The maximum absolute atomic E-state index is 12.0. The zero-order valence-electron chi connectivity index (χ0n) is 15.1. The highest BCUT2D eigenvalue weighted by Crippen LogP contribution is 2.19. The molecule has 0 fully saturated rings. The molecule has 0 unspecified atom stereocenters. The Morgan fingerprint density at radius 1 is 1.04 bits per heavy atom. The third-order valence-electron chi connectivity index (χ3n) is 4.11. The molecule has 3 aromatic rings. The summed E-state index contributed by atoms with van der Waals surface area (Å²) in [5.74, 6) is 0.675. The lowest BCUT2D eigenvalue weighted by atomic mass is 10.1. The lowest BCUT2D eigenvalue weighted by Crippen LogP contribution is -2.32. The molecule has 138 valence electrons. The van der Waals surface area contributed by atoms with Gasteiger partial charge in [-0.15, -0.1) is 0 Å². The van der Waals surface area contributed by atoms with Crippen LogP contribution in [-0.2, 0) is 17.8 Å². The van der Waals surface area contributed by atoms with Gasteiger partial charge in [-0.3, -0.25) is 9.59 Å². The van der Waals surface area contributed by atoms with Crippen LogP contribution in [-0.4, -0.2) is 29.3 Å². The van der Waals surface area contributed by atoms with Gasteiger partial charge in [-0.25, -0.2) is 4.68 Å². The first-order valence-electron chi connectivity index (χ1n) is 8.69. The topological polar surface area (TPSA) is 73.2 Å². The third-order valence-corrected chi connectivity index (χ3v) is 4.11.